The Morgan fingerprint density at radius 3 is 2.84 bits per heavy atom. The Morgan fingerprint density at radius 1 is 1.37 bits per heavy atom. The van der Waals surface area contributed by atoms with E-state index in [0.29, 0.717) is 0 Å². The van der Waals surface area contributed by atoms with Gasteiger partial charge in [0.2, 0.25) is 0 Å². The molecule has 0 spiro atoms. The van der Waals surface area contributed by atoms with Gasteiger partial charge in [-0.05, 0) is 26.0 Å². The van der Waals surface area contributed by atoms with Crippen LogP contribution in [0, 0.1) is 16.7 Å². The van der Waals surface area contributed by atoms with Crippen LogP contribution in [0.5, 0.6) is 0 Å². The van der Waals surface area contributed by atoms with E-state index in [2.05, 4.69) is 24.1 Å². The minimum absolute atomic E-state index is 0.103. The Labute approximate surface area is 113 Å². The van der Waals surface area contributed by atoms with Crippen molar-refractivity contribution in [2.75, 3.05) is 13.6 Å². The largest absolute Gasteiger partial charge is 0.464 e. The Hall–Kier alpha value is -1.79. The van der Waals surface area contributed by atoms with Crippen molar-refractivity contribution in [1.82, 2.24) is 4.90 Å². The first-order valence-electron chi connectivity index (χ1n) is 6.77. The lowest BCUT2D eigenvalue weighted by Crippen LogP contribution is -2.39. The number of hydrogen-bond acceptors (Lipinski definition) is 3. The van der Waals surface area contributed by atoms with Gasteiger partial charge in [-0.1, -0.05) is 24.6 Å². The summed E-state index contributed by atoms with van der Waals surface area (Å²) in [5, 5.41) is 10.5. The van der Waals surface area contributed by atoms with Crippen molar-refractivity contribution in [2.45, 2.75) is 25.8 Å². The van der Waals surface area contributed by atoms with Crippen molar-refractivity contribution in [3.05, 3.63) is 36.1 Å². The number of nitrogens with zero attached hydrogens (tertiary/aromatic N) is 2. The second-order valence-electron chi connectivity index (χ2n) is 5.68. The minimum Gasteiger partial charge on any atom is -0.464 e. The lowest BCUT2D eigenvalue weighted by atomic mass is 9.69. The lowest BCUT2D eigenvalue weighted by Gasteiger charge is -2.38. The first-order chi connectivity index (χ1) is 9.22. The minimum atomic E-state index is -0.103. The van der Waals surface area contributed by atoms with Crippen LogP contribution in [-0.2, 0) is 6.54 Å². The Morgan fingerprint density at radius 2 is 2.16 bits per heavy atom. The van der Waals surface area contributed by atoms with Gasteiger partial charge in [0.1, 0.15) is 5.58 Å². The van der Waals surface area contributed by atoms with E-state index < -0.39 is 0 Å². The molecule has 0 bridgehead atoms. The Kier molecular flexibility index (Phi) is 3.04. The van der Waals surface area contributed by atoms with Crippen molar-refractivity contribution in [3.63, 3.8) is 0 Å². The normalized spacial score (nSPS) is 17.3. The van der Waals surface area contributed by atoms with Crippen LogP contribution in [0.2, 0.25) is 0 Å². The second-order valence-corrected chi connectivity index (χ2v) is 5.68. The van der Waals surface area contributed by atoms with Gasteiger partial charge in [-0.25, -0.2) is 0 Å². The molecule has 1 fully saturated rings. The highest BCUT2D eigenvalue weighted by Gasteiger charge is 2.38. The van der Waals surface area contributed by atoms with Crippen molar-refractivity contribution >= 4 is 11.0 Å². The monoisotopic (exact) mass is 254 g/mol. The fourth-order valence-corrected chi connectivity index (χ4v) is 2.93. The highest BCUT2D eigenvalue weighted by atomic mass is 16.3. The number of nitriles is 1. The van der Waals surface area contributed by atoms with Crippen LogP contribution in [0.15, 0.2) is 34.9 Å². The van der Waals surface area contributed by atoms with Gasteiger partial charge in [-0.15, -0.1) is 0 Å². The molecule has 1 aliphatic carbocycles. The van der Waals surface area contributed by atoms with Crippen LogP contribution < -0.4 is 0 Å². The second kappa shape index (κ2) is 4.71. The van der Waals surface area contributed by atoms with Crippen LogP contribution in [0.3, 0.4) is 0 Å². The molecular weight excluding hydrogens is 236 g/mol. The molecule has 1 saturated carbocycles. The first-order valence-corrected chi connectivity index (χ1v) is 6.77. The van der Waals surface area contributed by atoms with E-state index in [1.807, 2.05) is 24.5 Å². The van der Waals surface area contributed by atoms with Gasteiger partial charge in [-0.3, -0.25) is 0 Å². The molecule has 0 saturated heterocycles. The molecule has 98 valence electrons. The topological polar surface area (TPSA) is 40.2 Å². The third-order valence-corrected chi connectivity index (χ3v) is 4.12. The summed E-state index contributed by atoms with van der Waals surface area (Å²) in [7, 11) is 2.08. The van der Waals surface area contributed by atoms with E-state index >= 15 is 0 Å². The fraction of sp³-hybridized carbons (Fsp3) is 0.438. The van der Waals surface area contributed by atoms with Gasteiger partial charge < -0.3 is 9.32 Å². The number of fused-ring (bicyclic) bond motifs is 1. The number of para-hydroxylation sites is 1. The molecule has 2 aromatic rings. The molecule has 1 aromatic heterocycles. The Balaban J connectivity index is 1.73. The summed E-state index contributed by atoms with van der Waals surface area (Å²) >= 11 is 0. The van der Waals surface area contributed by atoms with Crippen molar-refractivity contribution in [2.24, 2.45) is 5.41 Å². The third kappa shape index (κ3) is 2.24. The van der Waals surface area contributed by atoms with Crippen LogP contribution >= 0.6 is 0 Å². The average molecular weight is 254 g/mol. The molecule has 0 N–H and O–H groups in total. The van der Waals surface area contributed by atoms with E-state index in [0.717, 1.165) is 31.5 Å². The van der Waals surface area contributed by atoms with E-state index in [4.69, 9.17) is 4.42 Å². The fourth-order valence-electron chi connectivity index (χ4n) is 2.93. The molecule has 19 heavy (non-hydrogen) atoms. The molecule has 1 aromatic carbocycles. The maximum absolute atomic E-state index is 9.29. The third-order valence-electron chi connectivity index (χ3n) is 4.12. The summed E-state index contributed by atoms with van der Waals surface area (Å²) < 4.78 is 5.56. The van der Waals surface area contributed by atoms with Gasteiger partial charge in [-0.2, -0.15) is 5.26 Å². The van der Waals surface area contributed by atoms with E-state index in [1.54, 1.807) is 0 Å². The van der Waals surface area contributed by atoms with E-state index in [9.17, 15) is 5.26 Å². The first kappa shape index (κ1) is 12.3. The van der Waals surface area contributed by atoms with Crippen LogP contribution in [-0.4, -0.2) is 18.5 Å². The van der Waals surface area contributed by atoms with Gasteiger partial charge in [0.25, 0.3) is 0 Å². The molecule has 3 heteroatoms. The maximum Gasteiger partial charge on any atom is 0.134 e. The molecule has 0 radical (unpaired) electrons. The molecule has 0 aliphatic heterocycles. The summed E-state index contributed by atoms with van der Waals surface area (Å²) in [6, 6.07) is 10.6. The summed E-state index contributed by atoms with van der Waals surface area (Å²) in [5.74, 6) is 0. The van der Waals surface area contributed by atoms with E-state index in [-0.39, 0.29) is 5.41 Å². The zero-order chi connectivity index (χ0) is 13.3. The predicted molar refractivity (Wildman–Crippen MR) is 74.4 cm³/mol. The van der Waals surface area contributed by atoms with Gasteiger partial charge in [0, 0.05) is 24.0 Å². The number of rotatable bonds is 4. The van der Waals surface area contributed by atoms with Gasteiger partial charge in [0.05, 0.1) is 17.7 Å². The maximum atomic E-state index is 9.29. The molecule has 0 unspecified atom stereocenters. The standard InChI is InChI=1S/C16H18N2O/c1-18(12-16(11-17)7-4-8-16)9-13-10-19-15-6-3-2-5-14(13)15/h2-3,5-6,10H,4,7-9,12H2,1H3. The van der Waals surface area contributed by atoms with Gasteiger partial charge >= 0.3 is 0 Å². The molecule has 3 nitrogen and oxygen atoms in total. The zero-order valence-corrected chi connectivity index (χ0v) is 11.2. The smallest absolute Gasteiger partial charge is 0.134 e. The molecule has 1 aliphatic rings. The molecule has 3 rings (SSSR count). The lowest BCUT2D eigenvalue weighted by molar-refractivity contribution is 0.134. The average Bonchev–Trinajstić information content (AvgIpc) is 2.78. The molecule has 1 heterocycles. The summed E-state index contributed by atoms with van der Waals surface area (Å²) in [4.78, 5) is 2.24. The van der Waals surface area contributed by atoms with Crippen LogP contribution in [0.1, 0.15) is 24.8 Å². The Bertz CT molecular complexity index is 619. The quantitative estimate of drug-likeness (QED) is 0.837. The number of hydrogen-bond donors (Lipinski definition) is 0. The SMILES string of the molecule is CN(Cc1coc2ccccc12)CC1(C#N)CCC1. The summed E-state index contributed by atoms with van der Waals surface area (Å²) in [5.41, 5.74) is 2.03. The molecular formula is C16H18N2O. The molecule has 0 atom stereocenters. The van der Waals surface area contributed by atoms with Crippen LogP contribution in [0.25, 0.3) is 11.0 Å². The predicted octanol–water partition coefficient (Wildman–Crippen LogP) is 3.56. The van der Waals surface area contributed by atoms with Gasteiger partial charge in [0.15, 0.2) is 0 Å². The molecule has 0 amide bonds. The zero-order valence-electron chi connectivity index (χ0n) is 11.2. The van der Waals surface area contributed by atoms with E-state index in [1.165, 1.54) is 17.4 Å². The van der Waals surface area contributed by atoms with Crippen molar-refractivity contribution in [3.8, 4) is 6.07 Å². The van der Waals surface area contributed by atoms with Crippen LogP contribution in [0.4, 0.5) is 0 Å². The highest BCUT2D eigenvalue weighted by molar-refractivity contribution is 5.80. The summed E-state index contributed by atoms with van der Waals surface area (Å²) in [6.07, 6.45) is 5.11. The summed E-state index contributed by atoms with van der Waals surface area (Å²) in [6.45, 7) is 1.68. The number of benzene rings is 1. The number of furan rings is 1. The highest BCUT2D eigenvalue weighted by Crippen LogP contribution is 2.40. The van der Waals surface area contributed by atoms with Crippen molar-refractivity contribution < 1.29 is 4.42 Å². The van der Waals surface area contributed by atoms with Crippen molar-refractivity contribution in [1.29, 1.82) is 5.26 Å².